The summed E-state index contributed by atoms with van der Waals surface area (Å²) in [5, 5.41) is 5.64. The van der Waals surface area contributed by atoms with Gasteiger partial charge in [0.2, 0.25) is 5.91 Å². The second-order valence-electron chi connectivity index (χ2n) is 6.81. The molecule has 0 radical (unpaired) electrons. The number of ether oxygens (including phenoxy) is 1. The highest BCUT2D eigenvalue weighted by atomic mass is 79.9. The van der Waals surface area contributed by atoms with Crippen LogP contribution in [0.1, 0.15) is 27.9 Å². The van der Waals surface area contributed by atoms with Crippen molar-refractivity contribution in [2.24, 2.45) is 0 Å². The van der Waals surface area contributed by atoms with Gasteiger partial charge in [0.1, 0.15) is 12.4 Å². The Kier molecular flexibility index (Phi) is 7.63. The lowest BCUT2D eigenvalue weighted by Gasteiger charge is -2.10. The number of aryl methyl sites for hydroxylation is 1. The Bertz CT molecular complexity index is 1000. The van der Waals surface area contributed by atoms with Crippen molar-refractivity contribution in [3.63, 3.8) is 0 Å². The summed E-state index contributed by atoms with van der Waals surface area (Å²) in [5.74, 6) is 0.442. The monoisotopic (exact) mass is 466 g/mol. The molecular formula is C24H23BrN2O3. The lowest BCUT2D eigenvalue weighted by molar-refractivity contribution is -0.116. The van der Waals surface area contributed by atoms with E-state index < -0.39 is 0 Å². The fourth-order valence-corrected chi connectivity index (χ4v) is 3.13. The minimum absolute atomic E-state index is 0.148. The summed E-state index contributed by atoms with van der Waals surface area (Å²) in [5.41, 5.74) is 3.25. The van der Waals surface area contributed by atoms with Crippen LogP contribution in [0.25, 0.3) is 0 Å². The third kappa shape index (κ3) is 6.46. The number of rotatable bonds is 8. The standard InChI is InChI=1S/C24H23BrN2O3/c1-17-7-12-20(25)15-22(17)27-23(28)13-14-26-24(29)19-10-8-18(9-11-19)16-30-21-5-3-2-4-6-21/h2-12,15H,13-14,16H2,1H3,(H,26,29)(H,27,28). The van der Waals surface area contributed by atoms with Crippen LogP contribution in [-0.2, 0) is 11.4 Å². The number of carbonyl (C=O) groups is 2. The highest BCUT2D eigenvalue weighted by molar-refractivity contribution is 9.10. The Balaban J connectivity index is 1.43. The maximum Gasteiger partial charge on any atom is 0.251 e. The molecule has 0 aliphatic carbocycles. The number of hydrogen-bond acceptors (Lipinski definition) is 3. The summed E-state index contributed by atoms with van der Waals surface area (Å²) in [6.45, 7) is 2.62. The maximum absolute atomic E-state index is 12.3. The van der Waals surface area contributed by atoms with Gasteiger partial charge in [-0.2, -0.15) is 0 Å². The average molecular weight is 467 g/mol. The summed E-state index contributed by atoms with van der Waals surface area (Å²) in [6, 6.07) is 22.5. The van der Waals surface area contributed by atoms with Gasteiger partial charge in [-0.15, -0.1) is 0 Å². The molecule has 0 atom stereocenters. The van der Waals surface area contributed by atoms with Crippen molar-refractivity contribution in [3.8, 4) is 5.75 Å². The van der Waals surface area contributed by atoms with E-state index in [9.17, 15) is 9.59 Å². The SMILES string of the molecule is Cc1ccc(Br)cc1NC(=O)CCNC(=O)c1ccc(COc2ccccc2)cc1. The Morgan fingerprint density at radius 3 is 2.43 bits per heavy atom. The van der Waals surface area contributed by atoms with Gasteiger partial charge >= 0.3 is 0 Å². The van der Waals surface area contributed by atoms with Crippen LogP contribution in [0.2, 0.25) is 0 Å². The van der Waals surface area contributed by atoms with E-state index in [4.69, 9.17) is 4.74 Å². The highest BCUT2D eigenvalue weighted by Gasteiger charge is 2.09. The lowest BCUT2D eigenvalue weighted by atomic mass is 10.1. The molecule has 0 fully saturated rings. The number of benzene rings is 3. The van der Waals surface area contributed by atoms with Crippen LogP contribution >= 0.6 is 15.9 Å². The number of carbonyl (C=O) groups excluding carboxylic acids is 2. The first-order chi connectivity index (χ1) is 14.5. The lowest BCUT2D eigenvalue weighted by Crippen LogP contribution is -2.27. The van der Waals surface area contributed by atoms with Crippen LogP contribution in [0.4, 0.5) is 5.69 Å². The molecule has 0 saturated heterocycles. The molecule has 0 saturated carbocycles. The van der Waals surface area contributed by atoms with Crippen molar-refractivity contribution in [1.29, 1.82) is 0 Å². The van der Waals surface area contributed by atoms with E-state index in [0.29, 0.717) is 12.2 Å². The summed E-state index contributed by atoms with van der Waals surface area (Å²) >= 11 is 3.39. The molecule has 154 valence electrons. The molecule has 0 heterocycles. The summed E-state index contributed by atoms with van der Waals surface area (Å²) in [4.78, 5) is 24.4. The van der Waals surface area contributed by atoms with E-state index in [0.717, 1.165) is 27.0 Å². The smallest absolute Gasteiger partial charge is 0.251 e. The van der Waals surface area contributed by atoms with E-state index in [2.05, 4.69) is 26.6 Å². The van der Waals surface area contributed by atoms with E-state index >= 15 is 0 Å². The molecule has 2 amide bonds. The normalized spacial score (nSPS) is 10.3. The van der Waals surface area contributed by atoms with Gasteiger partial charge in [-0.1, -0.05) is 52.3 Å². The molecule has 5 nitrogen and oxygen atoms in total. The van der Waals surface area contributed by atoms with Gasteiger partial charge in [0, 0.05) is 28.7 Å². The van der Waals surface area contributed by atoms with Gasteiger partial charge in [0.25, 0.3) is 5.91 Å². The summed E-state index contributed by atoms with van der Waals surface area (Å²) in [7, 11) is 0. The van der Waals surface area contributed by atoms with Gasteiger partial charge in [-0.05, 0) is 54.4 Å². The van der Waals surface area contributed by atoms with Crippen LogP contribution < -0.4 is 15.4 Å². The van der Waals surface area contributed by atoms with Crippen LogP contribution in [0.3, 0.4) is 0 Å². The zero-order chi connectivity index (χ0) is 21.3. The van der Waals surface area contributed by atoms with Gasteiger partial charge in [0.15, 0.2) is 0 Å². The first-order valence-electron chi connectivity index (χ1n) is 9.62. The maximum atomic E-state index is 12.3. The van der Waals surface area contributed by atoms with Crippen LogP contribution in [0.5, 0.6) is 5.75 Å². The molecule has 0 unspecified atom stereocenters. The minimum atomic E-state index is -0.211. The first kappa shape index (κ1) is 21.6. The Hall–Kier alpha value is -3.12. The summed E-state index contributed by atoms with van der Waals surface area (Å²) < 4.78 is 6.60. The van der Waals surface area contributed by atoms with Crippen molar-refractivity contribution in [3.05, 3.63) is 94.0 Å². The van der Waals surface area contributed by atoms with E-state index in [1.165, 1.54) is 0 Å². The Labute approximate surface area is 184 Å². The molecule has 0 aliphatic rings. The zero-order valence-corrected chi connectivity index (χ0v) is 18.2. The summed E-state index contributed by atoms with van der Waals surface area (Å²) in [6.07, 6.45) is 0.195. The molecule has 0 spiro atoms. The predicted molar refractivity (Wildman–Crippen MR) is 122 cm³/mol. The molecule has 3 aromatic carbocycles. The molecule has 3 aromatic rings. The second kappa shape index (κ2) is 10.6. The van der Waals surface area contributed by atoms with E-state index in [1.807, 2.05) is 67.6 Å². The van der Waals surface area contributed by atoms with Gasteiger partial charge in [-0.3, -0.25) is 9.59 Å². The molecule has 30 heavy (non-hydrogen) atoms. The number of anilines is 1. The van der Waals surface area contributed by atoms with Crippen LogP contribution in [0.15, 0.2) is 77.3 Å². The third-order valence-electron chi connectivity index (χ3n) is 4.48. The second-order valence-corrected chi connectivity index (χ2v) is 7.73. The van der Waals surface area contributed by atoms with E-state index in [-0.39, 0.29) is 24.8 Å². The molecule has 0 bridgehead atoms. The number of halogens is 1. The van der Waals surface area contributed by atoms with Crippen LogP contribution in [0, 0.1) is 6.92 Å². The Morgan fingerprint density at radius 2 is 1.70 bits per heavy atom. The quantitative estimate of drug-likeness (QED) is 0.485. The molecule has 2 N–H and O–H groups in total. The van der Waals surface area contributed by atoms with Crippen molar-refractivity contribution in [2.45, 2.75) is 20.0 Å². The fraction of sp³-hybridized carbons (Fsp3) is 0.167. The van der Waals surface area contributed by atoms with Crippen LogP contribution in [-0.4, -0.2) is 18.4 Å². The average Bonchev–Trinajstić information content (AvgIpc) is 2.76. The van der Waals surface area contributed by atoms with Crippen molar-refractivity contribution < 1.29 is 14.3 Å². The third-order valence-corrected chi connectivity index (χ3v) is 4.97. The predicted octanol–water partition coefficient (Wildman–Crippen LogP) is 5.10. The van der Waals surface area contributed by atoms with Gasteiger partial charge in [0.05, 0.1) is 0 Å². The highest BCUT2D eigenvalue weighted by Crippen LogP contribution is 2.20. The minimum Gasteiger partial charge on any atom is -0.489 e. The molecule has 0 aromatic heterocycles. The van der Waals surface area contributed by atoms with Crippen molar-refractivity contribution in [2.75, 3.05) is 11.9 Å². The number of nitrogens with one attached hydrogen (secondary N) is 2. The van der Waals surface area contributed by atoms with Gasteiger partial charge in [-0.25, -0.2) is 0 Å². The molecule has 0 aliphatic heterocycles. The van der Waals surface area contributed by atoms with Crippen molar-refractivity contribution in [1.82, 2.24) is 5.32 Å². The number of amides is 2. The zero-order valence-electron chi connectivity index (χ0n) is 16.7. The first-order valence-corrected chi connectivity index (χ1v) is 10.4. The topological polar surface area (TPSA) is 67.4 Å². The Morgan fingerprint density at radius 1 is 0.967 bits per heavy atom. The van der Waals surface area contributed by atoms with E-state index in [1.54, 1.807) is 12.1 Å². The number of para-hydroxylation sites is 1. The fourth-order valence-electron chi connectivity index (χ4n) is 2.77. The number of hydrogen-bond donors (Lipinski definition) is 2. The molecule has 3 rings (SSSR count). The largest absolute Gasteiger partial charge is 0.489 e. The molecular weight excluding hydrogens is 444 g/mol. The van der Waals surface area contributed by atoms with Gasteiger partial charge < -0.3 is 15.4 Å². The molecule has 6 heteroatoms. The van der Waals surface area contributed by atoms with Crippen molar-refractivity contribution >= 4 is 33.4 Å².